The first-order chi connectivity index (χ1) is 18.8. The van der Waals surface area contributed by atoms with Crippen molar-refractivity contribution in [2.75, 3.05) is 9.96 Å². The van der Waals surface area contributed by atoms with E-state index in [2.05, 4.69) is 0 Å². The Labute approximate surface area is 225 Å². The van der Waals surface area contributed by atoms with Gasteiger partial charge in [0.25, 0.3) is 11.6 Å². The summed E-state index contributed by atoms with van der Waals surface area (Å²) in [4.78, 5) is 57.9. The molecule has 2 aliphatic rings. The Morgan fingerprint density at radius 2 is 1.56 bits per heavy atom. The molecule has 3 aromatic carbocycles. The first-order valence-electron chi connectivity index (χ1n) is 11.9. The van der Waals surface area contributed by atoms with Crippen molar-refractivity contribution in [2.45, 2.75) is 12.1 Å². The summed E-state index contributed by atoms with van der Waals surface area (Å²) in [6.45, 7) is 0. The number of imide groups is 1. The highest BCUT2D eigenvalue weighted by Crippen LogP contribution is 2.49. The summed E-state index contributed by atoms with van der Waals surface area (Å²) in [5.41, 5.74) is 1.77. The fraction of sp³-hybridized carbons (Fsp3) is 0.107. The number of hydroxylamine groups is 1. The molecule has 0 spiro atoms. The van der Waals surface area contributed by atoms with Crippen molar-refractivity contribution in [1.82, 2.24) is 0 Å². The third kappa shape index (κ3) is 4.13. The van der Waals surface area contributed by atoms with E-state index in [0.29, 0.717) is 5.69 Å². The van der Waals surface area contributed by atoms with Crippen molar-refractivity contribution in [2.24, 2.45) is 5.92 Å². The van der Waals surface area contributed by atoms with Crippen LogP contribution in [0.4, 0.5) is 17.1 Å². The van der Waals surface area contributed by atoms with E-state index in [4.69, 9.17) is 4.84 Å². The Bertz CT molecular complexity index is 1600. The Balaban J connectivity index is 1.37. The number of benzene rings is 3. The van der Waals surface area contributed by atoms with Gasteiger partial charge in [0.15, 0.2) is 6.10 Å². The van der Waals surface area contributed by atoms with E-state index in [1.807, 2.05) is 42.5 Å². The maximum Gasteiger partial charge on any atom is 0.335 e. The molecule has 0 bridgehead atoms. The van der Waals surface area contributed by atoms with Crippen LogP contribution in [0, 0.1) is 16.0 Å². The van der Waals surface area contributed by atoms with Crippen LogP contribution in [0.3, 0.4) is 0 Å². The van der Waals surface area contributed by atoms with Gasteiger partial charge in [0, 0.05) is 21.9 Å². The first kappa shape index (κ1) is 24.5. The lowest BCUT2D eigenvalue weighted by atomic mass is 9.95. The summed E-state index contributed by atoms with van der Waals surface area (Å²) in [5.74, 6) is -2.92. The number of amides is 2. The fourth-order valence-corrected chi connectivity index (χ4v) is 6.07. The van der Waals surface area contributed by atoms with E-state index < -0.39 is 40.8 Å². The van der Waals surface area contributed by atoms with E-state index in [-0.39, 0.29) is 16.9 Å². The van der Waals surface area contributed by atoms with E-state index in [0.717, 1.165) is 20.2 Å². The van der Waals surface area contributed by atoms with Crippen molar-refractivity contribution in [3.05, 3.63) is 112 Å². The topological polar surface area (TPSA) is 130 Å². The number of rotatable bonds is 6. The minimum Gasteiger partial charge on any atom is -0.478 e. The molecule has 2 aliphatic heterocycles. The van der Waals surface area contributed by atoms with E-state index >= 15 is 0 Å². The molecule has 6 rings (SSSR count). The zero-order valence-electron chi connectivity index (χ0n) is 20.0. The number of hydrogen-bond donors (Lipinski definition) is 1. The molecule has 194 valence electrons. The van der Waals surface area contributed by atoms with Gasteiger partial charge in [0.05, 0.1) is 21.9 Å². The lowest BCUT2D eigenvalue weighted by molar-refractivity contribution is -0.384. The molecule has 1 N–H and O–H groups in total. The number of hydrogen-bond acceptors (Lipinski definition) is 8. The van der Waals surface area contributed by atoms with Gasteiger partial charge >= 0.3 is 5.97 Å². The Hall–Kier alpha value is -4.87. The van der Waals surface area contributed by atoms with Crippen LogP contribution in [-0.4, -0.2) is 33.9 Å². The number of aromatic carboxylic acids is 1. The summed E-state index contributed by atoms with van der Waals surface area (Å²) in [6, 6.07) is 24.1. The number of thiophene rings is 1. The van der Waals surface area contributed by atoms with Crippen molar-refractivity contribution in [1.29, 1.82) is 0 Å². The second-order valence-corrected chi connectivity index (χ2v) is 10.1. The Kier molecular flexibility index (Phi) is 5.93. The largest absolute Gasteiger partial charge is 0.478 e. The van der Waals surface area contributed by atoms with Crippen LogP contribution in [0.15, 0.2) is 91.0 Å². The standard InChI is InChI=1S/C28H19N3O7S/c32-26-23-24(22-15-14-21(39-22)16-6-12-20(13-7-16)31(36)37)30(19-4-2-1-3-5-19)38-25(23)27(33)29(26)18-10-8-17(9-11-18)28(34)35/h1-15,23-25H,(H,34,35)/t23-,24-,25-/m1/s1. The second-order valence-electron chi connectivity index (χ2n) is 9.03. The Morgan fingerprint density at radius 3 is 2.21 bits per heavy atom. The molecular formula is C28H19N3O7S. The molecule has 10 nitrogen and oxygen atoms in total. The number of nitro benzene ring substituents is 1. The van der Waals surface area contributed by atoms with Gasteiger partial charge in [0.2, 0.25) is 5.91 Å². The molecule has 1 aromatic heterocycles. The SMILES string of the molecule is O=C(O)c1ccc(N2C(=O)[C@@H]3[C@@H](c4ccc(-c5ccc([N+](=O)[O-])cc5)s4)N(c4ccccc4)O[C@H]3C2=O)cc1. The average Bonchev–Trinajstić information content (AvgIpc) is 3.64. The number of nitro groups is 1. The van der Waals surface area contributed by atoms with E-state index in [1.54, 1.807) is 17.2 Å². The average molecular weight is 542 g/mol. The first-order valence-corrected chi connectivity index (χ1v) is 12.7. The van der Waals surface area contributed by atoms with Crippen LogP contribution < -0.4 is 9.96 Å². The van der Waals surface area contributed by atoms with Crippen LogP contribution >= 0.6 is 11.3 Å². The number of carboxylic acids is 1. The monoisotopic (exact) mass is 541 g/mol. The van der Waals surface area contributed by atoms with Crippen LogP contribution in [0.1, 0.15) is 21.3 Å². The molecule has 0 radical (unpaired) electrons. The predicted molar refractivity (Wildman–Crippen MR) is 142 cm³/mol. The van der Waals surface area contributed by atoms with Crippen LogP contribution in [0.2, 0.25) is 0 Å². The van der Waals surface area contributed by atoms with Gasteiger partial charge in [-0.15, -0.1) is 11.3 Å². The highest BCUT2D eigenvalue weighted by Gasteiger charge is 2.60. The number of carboxylic acid groups (broad SMARTS) is 1. The summed E-state index contributed by atoms with van der Waals surface area (Å²) in [7, 11) is 0. The van der Waals surface area contributed by atoms with Gasteiger partial charge in [-0.05, 0) is 66.2 Å². The fourth-order valence-electron chi connectivity index (χ4n) is 4.92. The van der Waals surface area contributed by atoms with E-state index in [1.165, 1.54) is 47.7 Å². The second kappa shape index (κ2) is 9.46. The third-order valence-electron chi connectivity index (χ3n) is 6.78. The minimum absolute atomic E-state index is 0.00985. The van der Waals surface area contributed by atoms with Gasteiger partial charge in [-0.25, -0.2) is 14.8 Å². The third-order valence-corrected chi connectivity index (χ3v) is 7.98. The molecule has 39 heavy (non-hydrogen) atoms. The molecule has 4 aromatic rings. The van der Waals surface area contributed by atoms with E-state index in [9.17, 15) is 29.6 Å². The van der Waals surface area contributed by atoms with Gasteiger partial charge in [-0.1, -0.05) is 18.2 Å². The molecule has 0 aliphatic carbocycles. The smallest absolute Gasteiger partial charge is 0.335 e. The zero-order valence-corrected chi connectivity index (χ0v) is 20.9. The minimum atomic E-state index is -1.11. The number of carbonyl (C=O) groups is 3. The van der Waals surface area contributed by atoms with Crippen LogP contribution in [0.25, 0.3) is 10.4 Å². The maximum absolute atomic E-state index is 13.8. The molecule has 3 atom stereocenters. The Morgan fingerprint density at radius 1 is 0.872 bits per heavy atom. The summed E-state index contributed by atoms with van der Waals surface area (Å²) in [5, 5.41) is 21.8. The van der Waals surface area contributed by atoms with Crippen LogP contribution in [-0.2, 0) is 14.4 Å². The number of carbonyl (C=O) groups excluding carboxylic acids is 2. The lowest BCUT2D eigenvalue weighted by Gasteiger charge is -2.27. The van der Waals surface area contributed by atoms with Crippen molar-refractivity contribution in [3.63, 3.8) is 0 Å². The molecule has 0 saturated carbocycles. The van der Waals surface area contributed by atoms with Gasteiger partial charge in [-0.2, -0.15) is 0 Å². The van der Waals surface area contributed by atoms with Gasteiger partial charge in [0.1, 0.15) is 12.0 Å². The highest BCUT2D eigenvalue weighted by molar-refractivity contribution is 7.15. The van der Waals surface area contributed by atoms with Gasteiger partial charge in [-0.3, -0.25) is 24.5 Å². The quantitative estimate of drug-likeness (QED) is 0.203. The summed E-state index contributed by atoms with van der Waals surface area (Å²) >= 11 is 1.41. The molecular weight excluding hydrogens is 522 g/mol. The van der Waals surface area contributed by atoms with Crippen molar-refractivity contribution >= 4 is 46.2 Å². The predicted octanol–water partition coefficient (Wildman–Crippen LogP) is 5.07. The molecule has 0 unspecified atom stereocenters. The molecule has 2 amide bonds. The number of non-ortho nitro benzene ring substituents is 1. The number of anilines is 2. The van der Waals surface area contributed by atoms with Crippen LogP contribution in [0.5, 0.6) is 0 Å². The number of fused-ring (bicyclic) bond motifs is 1. The van der Waals surface area contributed by atoms with Crippen molar-refractivity contribution < 1.29 is 29.3 Å². The summed E-state index contributed by atoms with van der Waals surface area (Å²) < 4.78 is 0. The normalized spacial score (nSPS) is 20.4. The molecule has 11 heteroatoms. The zero-order chi connectivity index (χ0) is 27.3. The van der Waals surface area contributed by atoms with Crippen molar-refractivity contribution in [3.8, 4) is 10.4 Å². The summed E-state index contributed by atoms with van der Waals surface area (Å²) in [6.07, 6.45) is -1.06. The number of nitrogens with zero attached hydrogens (tertiary/aromatic N) is 3. The molecule has 3 heterocycles. The lowest BCUT2D eigenvalue weighted by Crippen LogP contribution is -2.37. The molecule has 2 saturated heterocycles. The van der Waals surface area contributed by atoms with Gasteiger partial charge < -0.3 is 5.11 Å². The maximum atomic E-state index is 13.8. The highest BCUT2D eigenvalue weighted by atomic mass is 32.1. The number of para-hydroxylation sites is 1. The molecule has 2 fully saturated rings.